The lowest BCUT2D eigenvalue weighted by atomic mass is 9.99. The Morgan fingerprint density at radius 3 is 2.35 bits per heavy atom. The van der Waals surface area contributed by atoms with Crippen LogP contribution in [0.5, 0.6) is 5.75 Å². The van der Waals surface area contributed by atoms with Gasteiger partial charge in [0.2, 0.25) is 21.8 Å². The molecule has 0 saturated carbocycles. The molecule has 8 nitrogen and oxygen atoms in total. The molecule has 2 saturated heterocycles. The molecule has 2 aromatic rings. The second kappa shape index (κ2) is 8.68. The molecule has 9 heteroatoms. The maximum atomic E-state index is 13.1. The van der Waals surface area contributed by atoms with Gasteiger partial charge in [-0.15, -0.1) is 0 Å². The quantitative estimate of drug-likeness (QED) is 0.691. The number of benzene rings is 2. The first-order valence-electron chi connectivity index (χ1n) is 10.3. The number of nitrogens with zero attached hydrogens (tertiary/aromatic N) is 2. The zero-order valence-corrected chi connectivity index (χ0v) is 17.8. The van der Waals surface area contributed by atoms with Crippen LogP contribution in [-0.4, -0.2) is 49.3 Å². The third kappa shape index (κ3) is 4.57. The molecule has 164 valence electrons. The van der Waals surface area contributed by atoms with Gasteiger partial charge in [-0.2, -0.15) is 4.31 Å². The zero-order valence-electron chi connectivity index (χ0n) is 17.0. The molecule has 0 spiro atoms. The van der Waals surface area contributed by atoms with Crippen molar-refractivity contribution in [3.8, 4) is 5.75 Å². The minimum atomic E-state index is -3.74. The molecule has 2 aliphatic rings. The number of hydrogen-bond donors (Lipinski definition) is 2. The molecule has 2 heterocycles. The first kappa shape index (κ1) is 21.3. The first-order chi connectivity index (χ1) is 14.8. The summed E-state index contributed by atoms with van der Waals surface area (Å²) in [7, 11) is -3.74. The molecule has 2 N–H and O–H groups in total. The van der Waals surface area contributed by atoms with E-state index in [1.54, 1.807) is 29.2 Å². The second-order valence-electron chi connectivity index (χ2n) is 7.88. The summed E-state index contributed by atoms with van der Waals surface area (Å²) in [6.07, 6.45) is 2.51. The molecule has 1 atom stereocenters. The van der Waals surface area contributed by atoms with Gasteiger partial charge in [-0.25, -0.2) is 8.42 Å². The van der Waals surface area contributed by atoms with Crippen molar-refractivity contribution < 1.29 is 23.1 Å². The Morgan fingerprint density at radius 2 is 1.71 bits per heavy atom. The summed E-state index contributed by atoms with van der Waals surface area (Å²) < 4.78 is 27.6. The van der Waals surface area contributed by atoms with E-state index < -0.39 is 15.9 Å². The lowest BCUT2D eigenvalue weighted by molar-refractivity contribution is -0.121. The Bertz CT molecular complexity index is 1070. The summed E-state index contributed by atoms with van der Waals surface area (Å²) in [5.41, 5.74) is 1.25. The Labute approximate surface area is 181 Å². The Balaban J connectivity index is 1.44. The van der Waals surface area contributed by atoms with E-state index in [-0.39, 0.29) is 29.0 Å². The number of rotatable bonds is 5. The van der Waals surface area contributed by atoms with E-state index in [4.69, 9.17) is 0 Å². The summed E-state index contributed by atoms with van der Waals surface area (Å²) in [6, 6.07) is 12.5. The Kier molecular flexibility index (Phi) is 5.97. The van der Waals surface area contributed by atoms with Crippen LogP contribution in [0.3, 0.4) is 0 Å². The lowest BCUT2D eigenvalue weighted by Crippen LogP contribution is -2.43. The van der Waals surface area contributed by atoms with Gasteiger partial charge in [-0.3, -0.25) is 9.59 Å². The van der Waals surface area contributed by atoms with Crippen LogP contribution in [0, 0.1) is 5.92 Å². The molecule has 2 fully saturated rings. The van der Waals surface area contributed by atoms with E-state index >= 15 is 0 Å². The average Bonchev–Trinajstić information content (AvgIpc) is 3.21. The van der Waals surface area contributed by atoms with Crippen LogP contribution in [0.4, 0.5) is 11.4 Å². The minimum absolute atomic E-state index is 0.0501. The van der Waals surface area contributed by atoms with Crippen LogP contribution in [0.15, 0.2) is 53.4 Å². The van der Waals surface area contributed by atoms with Crippen molar-refractivity contribution in [1.29, 1.82) is 0 Å². The van der Waals surface area contributed by atoms with Gasteiger partial charge in [0.1, 0.15) is 5.75 Å². The van der Waals surface area contributed by atoms with Crippen LogP contribution in [0.25, 0.3) is 0 Å². The van der Waals surface area contributed by atoms with Gasteiger partial charge in [0, 0.05) is 37.4 Å². The molecule has 2 amide bonds. The molecule has 0 aliphatic carbocycles. The minimum Gasteiger partial charge on any atom is -0.508 e. The zero-order chi connectivity index (χ0) is 22.0. The summed E-state index contributed by atoms with van der Waals surface area (Å²) in [4.78, 5) is 26.4. The predicted molar refractivity (Wildman–Crippen MR) is 116 cm³/mol. The van der Waals surface area contributed by atoms with E-state index in [0.29, 0.717) is 43.7 Å². The van der Waals surface area contributed by atoms with E-state index in [2.05, 4.69) is 5.32 Å². The molecular formula is C22H25N3O5S. The molecule has 0 unspecified atom stereocenters. The van der Waals surface area contributed by atoms with Gasteiger partial charge in [0.25, 0.3) is 0 Å². The highest BCUT2D eigenvalue weighted by molar-refractivity contribution is 7.89. The summed E-state index contributed by atoms with van der Waals surface area (Å²) in [5, 5.41) is 12.1. The maximum Gasteiger partial charge on any atom is 0.243 e. The monoisotopic (exact) mass is 443 g/mol. The van der Waals surface area contributed by atoms with Crippen molar-refractivity contribution in [2.45, 2.75) is 30.6 Å². The van der Waals surface area contributed by atoms with E-state index in [9.17, 15) is 23.1 Å². The standard InChI is InChI=1S/C22H25N3O5S/c26-19-9-5-17(6-10-19)23-22(28)16-3-1-13-24(15-16)31(29,30)20-11-7-18(8-12-20)25-14-2-4-21(25)27/h5-12,16,26H,1-4,13-15H2,(H,23,28)/t16-/m1/s1. The van der Waals surface area contributed by atoms with E-state index in [0.717, 1.165) is 6.42 Å². The van der Waals surface area contributed by atoms with E-state index in [1.165, 1.54) is 28.6 Å². The fourth-order valence-electron chi connectivity index (χ4n) is 4.03. The summed E-state index contributed by atoms with van der Waals surface area (Å²) >= 11 is 0. The van der Waals surface area contributed by atoms with Crippen LogP contribution in [0.2, 0.25) is 0 Å². The second-order valence-corrected chi connectivity index (χ2v) is 9.82. The van der Waals surface area contributed by atoms with Crippen molar-refractivity contribution in [3.63, 3.8) is 0 Å². The highest BCUT2D eigenvalue weighted by Crippen LogP contribution is 2.28. The summed E-state index contributed by atoms with van der Waals surface area (Å²) in [5.74, 6) is -0.547. The average molecular weight is 444 g/mol. The van der Waals surface area contributed by atoms with Gasteiger partial charge in [-0.1, -0.05) is 0 Å². The van der Waals surface area contributed by atoms with Gasteiger partial charge in [-0.05, 0) is 67.8 Å². The lowest BCUT2D eigenvalue weighted by Gasteiger charge is -2.31. The maximum absolute atomic E-state index is 13.1. The number of amides is 2. The number of piperidine rings is 1. The fourth-order valence-corrected chi connectivity index (χ4v) is 5.56. The van der Waals surface area contributed by atoms with Crippen LogP contribution in [-0.2, 0) is 19.6 Å². The highest BCUT2D eigenvalue weighted by atomic mass is 32.2. The SMILES string of the molecule is O=C(Nc1ccc(O)cc1)[C@@H]1CCCN(S(=O)(=O)c2ccc(N3CCCC3=O)cc2)C1. The normalized spacial score (nSPS) is 20.1. The Hall–Kier alpha value is -2.91. The molecule has 0 radical (unpaired) electrons. The van der Waals surface area contributed by atoms with Crippen LogP contribution >= 0.6 is 0 Å². The number of aromatic hydroxyl groups is 1. The number of anilines is 2. The van der Waals surface area contributed by atoms with Gasteiger partial charge in [0.05, 0.1) is 10.8 Å². The van der Waals surface area contributed by atoms with Crippen molar-refractivity contribution in [2.24, 2.45) is 5.92 Å². The van der Waals surface area contributed by atoms with E-state index in [1.807, 2.05) is 0 Å². The van der Waals surface area contributed by atoms with Crippen LogP contribution in [0.1, 0.15) is 25.7 Å². The highest BCUT2D eigenvalue weighted by Gasteiger charge is 2.33. The molecule has 0 bridgehead atoms. The molecule has 0 aromatic heterocycles. The number of phenols is 1. The molecule has 31 heavy (non-hydrogen) atoms. The number of nitrogens with one attached hydrogen (secondary N) is 1. The molecule has 2 aromatic carbocycles. The number of carbonyl (C=O) groups is 2. The number of carbonyl (C=O) groups excluding carboxylic acids is 2. The third-order valence-electron chi connectivity index (χ3n) is 5.75. The van der Waals surface area contributed by atoms with Crippen LogP contribution < -0.4 is 10.2 Å². The van der Waals surface area contributed by atoms with Crippen molar-refractivity contribution in [3.05, 3.63) is 48.5 Å². The molecule has 4 rings (SSSR count). The number of hydrogen-bond acceptors (Lipinski definition) is 5. The topological polar surface area (TPSA) is 107 Å². The summed E-state index contributed by atoms with van der Waals surface area (Å²) in [6.45, 7) is 1.12. The molecular weight excluding hydrogens is 418 g/mol. The Morgan fingerprint density at radius 1 is 1.00 bits per heavy atom. The smallest absolute Gasteiger partial charge is 0.243 e. The van der Waals surface area contributed by atoms with Gasteiger partial charge < -0.3 is 15.3 Å². The van der Waals surface area contributed by atoms with Crippen molar-refractivity contribution in [2.75, 3.05) is 29.9 Å². The fraction of sp³-hybridized carbons (Fsp3) is 0.364. The largest absolute Gasteiger partial charge is 0.508 e. The first-order valence-corrected chi connectivity index (χ1v) is 11.8. The predicted octanol–water partition coefficient (Wildman–Crippen LogP) is 2.56. The number of phenolic OH excluding ortho intramolecular Hbond substituents is 1. The van der Waals surface area contributed by atoms with Gasteiger partial charge in [0.15, 0.2) is 0 Å². The molecule has 2 aliphatic heterocycles. The van der Waals surface area contributed by atoms with Crippen molar-refractivity contribution in [1.82, 2.24) is 4.31 Å². The van der Waals surface area contributed by atoms with Crippen molar-refractivity contribution >= 4 is 33.2 Å². The van der Waals surface area contributed by atoms with Gasteiger partial charge >= 0.3 is 0 Å². The third-order valence-corrected chi connectivity index (χ3v) is 7.63. The number of sulfonamides is 1.